The minimum Gasteiger partial charge on any atom is -0.0975 e. The lowest BCUT2D eigenvalue weighted by atomic mass is 10.3. The molecule has 0 radical (unpaired) electrons. The van der Waals surface area contributed by atoms with Crippen LogP contribution in [-0.4, -0.2) is 11.4 Å². The van der Waals surface area contributed by atoms with Gasteiger partial charge in [0.15, 0.2) is 4.87 Å². The predicted molar refractivity (Wildman–Crippen MR) is 56.6 cm³/mol. The molecule has 0 spiro atoms. The maximum atomic E-state index is 11.3. The van der Waals surface area contributed by atoms with E-state index in [4.69, 9.17) is 23.2 Å². The van der Waals surface area contributed by atoms with Crippen molar-refractivity contribution in [2.45, 2.75) is 0 Å². The highest BCUT2D eigenvalue weighted by Crippen LogP contribution is 2.30. The number of nitroso groups, excluding NO2 is 1. The average Bonchev–Trinajstić information content (AvgIpc) is 2.56. The van der Waals surface area contributed by atoms with Crippen molar-refractivity contribution in [1.29, 1.82) is 0 Å². The van der Waals surface area contributed by atoms with Gasteiger partial charge in [-0.1, -0.05) is 28.2 Å². The zero-order valence-corrected chi connectivity index (χ0v) is 8.66. The largest absolute Gasteiger partial charge is 0.255 e. The minimum atomic E-state index is 0.513. The number of nitrogens with zero attached hydrogens (tertiary/aromatic N) is 2. The fraction of sp³-hybridized carbons (Fsp3) is 0.111. The Morgan fingerprint density at radius 1 is 1.36 bits per heavy atom. The SMILES string of the molecule is O=[N+]1C=CCN1c1cc(Cl)ccc1Cl. The molecule has 1 aromatic carbocycles. The molecule has 1 heterocycles. The number of rotatable bonds is 1. The molecular formula is C9H7Cl2N2O+. The maximum Gasteiger partial charge on any atom is 0.255 e. The van der Waals surface area contributed by atoms with E-state index in [1.165, 1.54) is 11.2 Å². The molecule has 14 heavy (non-hydrogen) atoms. The van der Waals surface area contributed by atoms with Gasteiger partial charge in [0, 0.05) is 11.1 Å². The van der Waals surface area contributed by atoms with Crippen molar-refractivity contribution in [2.75, 3.05) is 11.6 Å². The van der Waals surface area contributed by atoms with Gasteiger partial charge in [0.05, 0.1) is 9.93 Å². The predicted octanol–water partition coefficient (Wildman–Crippen LogP) is 3.02. The van der Waals surface area contributed by atoms with Gasteiger partial charge in [-0.05, 0) is 18.2 Å². The lowest BCUT2D eigenvalue weighted by molar-refractivity contribution is -0.483. The van der Waals surface area contributed by atoms with Gasteiger partial charge in [0.25, 0.3) is 6.20 Å². The Morgan fingerprint density at radius 2 is 2.14 bits per heavy atom. The summed E-state index contributed by atoms with van der Waals surface area (Å²) < 4.78 is 0. The summed E-state index contributed by atoms with van der Waals surface area (Å²) in [4.78, 5) is 12.0. The summed E-state index contributed by atoms with van der Waals surface area (Å²) in [5, 5.41) is 2.57. The summed E-state index contributed by atoms with van der Waals surface area (Å²) in [5.74, 6) is 0. The second kappa shape index (κ2) is 3.59. The highest BCUT2D eigenvalue weighted by molar-refractivity contribution is 6.35. The summed E-state index contributed by atoms with van der Waals surface area (Å²) in [5.41, 5.74) is 0.624. The highest BCUT2D eigenvalue weighted by Gasteiger charge is 2.26. The molecule has 0 bridgehead atoms. The van der Waals surface area contributed by atoms with Crippen molar-refractivity contribution in [3.63, 3.8) is 0 Å². The second-order valence-electron chi connectivity index (χ2n) is 2.87. The summed E-state index contributed by atoms with van der Waals surface area (Å²) in [6, 6.07) is 5.03. The Balaban J connectivity index is 2.41. The van der Waals surface area contributed by atoms with Crippen LogP contribution in [0.3, 0.4) is 0 Å². The molecule has 5 heteroatoms. The fourth-order valence-electron chi connectivity index (χ4n) is 1.29. The first-order chi connectivity index (χ1) is 6.68. The molecule has 2 rings (SSSR count). The van der Waals surface area contributed by atoms with Crippen LogP contribution >= 0.6 is 23.2 Å². The second-order valence-corrected chi connectivity index (χ2v) is 3.71. The van der Waals surface area contributed by atoms with Gasteiger partial charge in [-0.15, -0.1) is 0 Å². The normalized spacial score (nSPS) is 15.3. The number of benzene rings is 1. The highest BCUT2D eigenvalue weighted by atomic mass is 35.5. The summed E-state index contributed by atoms with van der Waals surface area (Å²) in [6.45, 7) is 0.517. The molecule has 0 unspecified atom stereocenters. The van der Waals surface area contributed by atoms with E-state index in [1.807, 2.05) is 0 Å². The van der Waals surface area contributed by atoms with Crippen LogP contribution in [0, 0.1) is 4.91 Å². The van der Waals surface area contributed by atoms with Crippen molar-refractivity contribution < 1.29 is 4.87 Å². The van der Waals surface area contributed by atoms with Gasteiger partial charge in [-0.25, -0.2) is 0 Å². The van der Waals surface area contributed by atoms with Crippen molar-refractivity contribution in [3.05, 3.63) is 45.4 Å². The third-order valence-corrected chi connectivity index (χ3v) is 2.49. The van der Waals surface area contributed by atoms with E-state index in [0.29, 0.717) is 22.3 Å². The van der Waals surface area contributed by atoms with E-state index < -0.39 is 0 Å². The summed E-state index contributed by atoms with van der Waals surface area (Å²) in [7, 11) is 0. The molecule has 72 valence electrons. The van der Waals surface area contributed by atoms with Crippen LogP contribution in [-0.2, 0) is 0 Å². The number of hydrazine groups is 1. The van der Waals surface area contributed by atoms with Crippen molar-refractivity contribution >= 4 is 28.9 Å². The Kier molecular flexibility index (Phi) is 2.44. The molecule has 0 fully saturated rings. The van der Waals surface area contributed by atoms with Gasteiger partial charge >= 0.3 is 0 Å². The smallest absolute Gasteiger partial charge is 0.0975 e. The first-order valence-corrected chi connectivity index (χ1v) is 4.79. The molecule has 0 aliphatic carbocycles. The van der Waals surface area contributed by atoms with Crippen LogP contribution in [0.2, 0.25) is 10.0 Å². The zero-order chi connectivity index (χ0) is 10.1. The molecule has 1 aliphatic heterocycles. The molecule has 3 nitrogen and oxygen atoms in total. The Morgan fingerprint density at radius 3 is 2.79 bits per heavy atom. The minimum absolute atomic E-state index is 0.513. The number of anilines is 1. The lowest BCUT2D eigenvalue weighted by Crippen LogP contribution is -2.25. The van der Waals surface area contributed by atoms with E-state index in [9.17, 15) is 4.91 Å². The van der Waals surface area contributed by atoms with E-state index in [2.05, 4.69) is 0 Å². The molecular weight excluding hydrogens is 223 g/mol. The van der Waals surface area contributed by atoms with Gasteiger partial charge < -0.3 is 0 Å². The standard InChI is InChI=1S/C9H7Cl2N2O/c10-7-2-3-8(11)9(6-7)12-4-1-5-13(12)14/h1-3,5-6H,4H2/q+1. The van der Waals surface area contributed by atoms with Gasteiger partial charge in [0.1, 0.15) is 12.2 Å². The topological polar surface area (TPSA) is 23.3 Å². The number of halogens is 2. The third kappa shape index (κ3) is 1.61. The van der Waals surface area contributed by atoms with Crippen LogP contribution in [0.1, 0.15) is 0 Å². The van der Waals surface area contributed by atoms with Crippen LogP contribution in [0.4, 0.5) is 5.69 Å². The van der Waals surface area contributed by atoms with E-state index >= 15 is 0 Å². The van der Waals surface area contributed by atoms with Crippen LogP contribution in [0.5, 0.6) is 0 Å². The van der Waals surface area contributed by atoms with Gasteiger partial charge in [0.2, 0.25) is 0 Å². The molecule has 0 amide bonds. The maximum absolute atomic E-state index is 11.3. The molecule has 0 N–H and O–H groups in total. The summed E-state index contributed by atoms with van der Waals surface area (Å²) in [6.07, 6.45) is 3.20. The molecule has 0 atom stereocenters. The quantitative estimate of drug-likeness (QED) is 0.692. The first kappa shape index (κ1) is 9.49. The molecule has 0 saturated carbocycles. The molecule has 0 saturated heterocycles. The third-order valence-electron chi connectivity index (χ3n) is 1.94. The van der Waals surface area contributed by atoms with Crippen molar-refractivity contribution in [1.82, 2.24) is 0 Å². The van der Waals surface area contributed by atoms with Gasteiger partial charge in [-0.3, -0.25) is 0 Å². The van der Waals surface area contributed by atoms with Crippen LogP contribution in [0.15, 0.2) is 30.5 Å². The van der Waals surface area contributed by atoms with E-state index in [0.717, 1.165) is 4.87 Å². The number of hydrogen-bond acceptors (Lipinski definition) is 1. The molecule has 1 aromatic rings. The molecule has 1 aliphatic rings. The lowest BCUT2D eigenvalue weighted by Gasteiger charge is -2.09. The Bertz CT molecular complexity index is 417. The monoisotopic (exact) mass is 229 g/mol. The van der Waals surface area contributed by atoms with E-state index in [1.54, 1.807) is 24.3 Å². The zero-order valence-electron chi connectivity index (χ0n) is 7.15. The van der Waals surface area contributed by atoms with Gasteiger partial charge in [-0.2, -0.15) is 0 Å². The Hall–Kier alpha value is -1.06. The van der Waals surface area contributed by atoms with Crippen LogP contribution in [0.25, 0.3) is 0 Å². The first-order valence-electron chi connectivity index (χ1n) is 4.04. The molecule has 0 aromatic heterocycles. The number of hydrogen-bond donors (Lipinski definition) is 0. The Labute approximate surface area is 91.1 Å². The van der Waals surface area contributed by atoms with Crippen LogP contribution < -0.4 is 5.01 Å². The van der Waals surface area contributed by atoms with Crippen molar-refractivity contribution in [3.8, 4) is 0 Å². The average molecular weight is 230 g/mol. The van der Waals surface area contributed by atoms with Crippen molar-refractivity contribution in [2.24, 2.45) is 0 Å². The fourth-order valence-corrected chi connectivity index (χ4v) is 1.67. The summed E-state index contributed by atoms with van der Waals surface area (Å²) >= 11 is 11.8. The van der Waals surface area contributed by atoms with E-state index in [-0.39, 0.29) is 0 Å².